The lowest BCUT2D eigenvalue weighted by atomic mass is 10.2. The molecule has 98 valence electrons. The minimum absolute atomic E-state index is 0.0255. The molecule has 2 aromatic heterocycles. The van der Waals surface area contributed by atoms with Crippen molar-refractivity contribution < 1.29 is 9.90 Å². The number of hydrogen-bond donors (Lipinski definition) is 1. The summed E-state index contributed by atoms with van der Waals surface area (Å²) >= 11 is 0. The molecule has 3 aromatic rings. The van der Waals surface area contributed by atoms with Crippen molar-refractivity contribution in [1.29, 1.82) is 0 Å². The summed E-state index contributed by atoms with van der Waals surface area (Å²) in [6.45, 7) is 1.73. The number of carboxylic acids is 1. The van der Waals surface area contributed by atoms with Crippen LogP contribution in [0.1, 0.15) is 16.2 Å². The van der Waals surface area contributed by atoms with Gasteiger partial charge in [-0.1, -0.05) is 24.3 Å². The monoisotopic (exact) mass is 265 g/mol. The van der Waals surface area contributed by atoms with Crippen molar-refractivity contribution in [2.45, 2.75) is 6.92 Å². The maximum atomic E-state index is 11.0. The van der Waals surface area contributed by atoms with Crippen molar-refractivity contribution in [2.75, 3.05) is 0 Å². The smallest absolute Gasteiger partial charge is 0.354 e. The third kappa shape index (κ3) is 2.21. The van der Waals surface area contributed by atoms with Crippen LogP contribution in [0, 0.1) is 6.92 Å². The van der Waals surface area contributed by atoms with Crippen LogP contribution < -0.4 is 0 Å². The molecule has 0 amide bonds. The number of benzene rings is 1. The Hall–Kier alpha value is -2.82. The number of para-hydroxylation sites is 1. The molecule has 0 atom stereocenters. The molecule has 1 aromatic carbocycles. The maximum absolute atomic E-state index is 11.0. The highest BCUT2D eigenvalue weighted by Crippen LogP contribution is 2.18. The van der Waals surface area contributed by atoms with Gasteiger partial charge in [0.25, 0.3) is 0 Å². The Balaban J connectivity index is 2.17. The number of aryl methyl sites for hydroxylation is 1. The molecule has 5 nitrogen and oxygen atoms in total. The van der Waals surface area contributed by atoms with Gasteiger partial charge in [-0.3, -0.25) is 0 Å². The zero-order valence-corrected chi connectivity index (χ0v) is 10.7. The van der Waals surface area contributed by atoms with Gasteiger partial charge in [-0.25, -0.2) is 19.7 Å². The summed E-state index contributed by atoms with van der Waals surface area (Å²) in [5, 5.41) is 10.1. The van der Waals surface area contributed by atoms with Gasteiger partial charge in [0.15, 0.2) is 11.5 Å². The van der Waals surface area contributed by atoms with Crippen LogP contribution in [0.15, 0.2) is 42.5 Å². The molecule has 0 aliphatic carbocycles. The number of carboxylic acid groups (broad SMARTS) is 1. The molecule has 0 saturated carbocycles. The van der Waals surface area contributed by atoms with Crippen molar-refractivity contribution in [3.63, 3.8) is 0 Å². The fourth-order valence-corrected chi connectivity index (χ4v) is 1.98. The van der Waals surface area contributed by atoms with E-state index in [-0.39, 0.29) is 5.69 Å². The zero-order chi connectivity index (χ0) is 14.1. The van der Waals surface area contributed by atoms with Crippen LogP contribution in [0.25, 0.3) is 22.4 Å². The van der Waals surface area contributed by atoms with Gasteiger partial charge in [0.1, 0.15) is 5.69 Å². The summed E-state index contributed by atoms with van der Waals surface area (Å²) < 4.78 is 0. The second-order valence-corrected chi connectivity index (χ2v) is 4.41. The van der Waals surface area contributed by atoms with Gasteiger partial charge in [-0.2, -0.15) is 0 Å². The van der Waals surface area contributed by atoms with Crippen LogP contribution in [-0.2, 0) is 0 Å². The Morgan fingerprint density at radius 1 is 1.05 bits per heavy atom. The van der Waals surface area contributed by atoms with Gasteiger partial charge in [-0.15, -0.1) is 0 Å². The largest absolute Gasteiger partial charge is 0.477 e. The first-order chi connectivity index (χ1) is 9.63. The number of pyridine rings is 1. The summed E-state index contributed by atoms with van der Waals surface area (Å²) in [4.78, 5) is 23.8. The summed E-state index contributed by atoms with van der Waals surface area (Å²) in [5.41, 5.74) is 1.96. The first-order valence-electron chi connectivity index (χ1n) is 6.08. The second kappa shape index (κ2) is 4.70. The van der Waals surface area contributed by atoms with Gasteiger partial charge < -0.3 is 5.11 Å². The van der Waals surface area contributed by atoms with Gasteiger partial charge in [-0.05, 0) is 25.1 Å². The molecule has 0 unspecified atom stereocenters. The van der Waals surface area contributed by atoms with E-state index in [1.165, 1.54) is 6.07 Å². The first-order valence-corrected chi connectivity index (χ1v) is 6.08. The lowest BCUT2D eigenvalue weighted by Gasteiger charge is -2.04. The van der Waals surface area contributed by atoms with Crippen LogP contribution in [0.3, 0.4) is 0 Å². The lowest BCUT2D eigenvalue weighted by Crippen LogP contribution is -2.05. The highest BCUT2D eigenvalue weighted by molar-refractivity contribution is 5.86. The molecular formula is C15H11N3O2. The minimum atomic E-state index is -1.07. The van der Waals surface area contributed by atoms with Crippen molar-refractivity contribution in [3.8, 4) is 11.5 Å². The third-order valence-corrected chi connectivity index (χ3v) is 2.90. The van der Waals surface area contributed by atoms with Gasteiger partial charge in [0, 0.05) is 11.1 Å². The van der Waals surface area contributed by atoms with E-state index in [1.807, 2.05) is 30.3 Å². The maximum Gasteiger partial charge on any atom is 0.354 e. The first kappa shape index (κ1) is 12.2. The van der Waals surface area contributed by atoms with Crippen LogP contribution >= 0.6 is 0 Å². The van der Waals surface area contributed by atoms with E-state index in [1.54, 1.807) is 13.0 Å². The lowest BCUT2D eigenvalue weighted by molar-refractivity contribution is 0.0690. The summed E-state index contributed by atoms with van der Waals surface area (Å²) in [7, 11) is 0. The van der Waals surface area contributed by atoms with Gasteiger partial charge in [0.05, 0.1) is 5.52 Å². The van der Waals surface area contributed by atoms with Crippen LogP contribution in [-0.4, -0.2) is 26.0 Å². The molecule has 0 spiro atoms. The molecule has 2 heterocycles. The fraction of sp³-hybridized carbons (Fsp3) is 0.0667. The average molecular weight is 265 g/mol. The number of rotatable bonds is 2. The highest BCUT2D eigenvalue weighted by Gasteiger charge is 2.11. The van der Waals surface area contributed by atoms with E-state index in [9.17, 15) is 4.79 Å². The molecule has 0 radical (unpaired) electrons. The molecule has 0 saturated heterocycles. The Morgan fingerprint density at radius 3 is 2.65 bits per heavy atom. The Kier molecular flexibility index (Phi) is 2.87. The number of fused-ring (bicyclic) bond motifs is 1. The summed E-state index contributed by atoms with van der Waals surface area (Å²) in [6.07, 6.45) is 0. The third-order valence-electron chi connectivity index (χ3n) is 2.90. The van der Waals surface area contributed by atoms with Crippen molar-refractivity contribution in [1.82, 2.24) is 15.0 Å². The molecule has 1 N–H and O–H groups in total. The van der Waals surface area contributed by atoms with Crippen LogP contribution in [0.4, 0.5) is 0 Å². The summed E-state index contributed by atoms with van der Waals surface area (Å²) in [5.74, 6) is -0.745. The van der Waals surface area contributed by atoms with Gasteiger partial charge in [0.2, 0.25) is 0 Å². The topological polar surface area (TPSA) is 76.0 Å². The quantitative estimate of drug-likeness (QED) is 0.771. The number of aromatic carboxylic acids is 1. The zero-order valence-electron chi connectivity index (χ0n) is 10.7. The molecule has 3 rings (SSSR count). The standard InChI is InChI=1S/C15H11N3O2/c1-9-8-13(15(19)20)18-14(16-9)12-7-6-10-4-2-3-5-11(10)17-12/h2-8H,1H3,(H,19,20). The van der Waals surface area contributed by atoms with Crippen LogP contribution in [0.5, 0.6) is 0 Å². The fourth-order valence-electron chi connectivity index (χ4n) is 1.98. The molecule has 0 aliphatic heterocycles. The number of carbonyl (C=O) groups is 1. The van der Waals surface area contributed by atoms with Crippen LogP contribution in [0.2, 0.25) is 0 Å². The van der Waals surface area contributed by atoms with E-state index >= 15 is 0 Å². The predicted molar refractivity (Wildman–Crippen MR) is 74.5 cm³/mol. The average Bonchev–Trinajstić information content (AvgIpc) is 2.46. The Morgan fingerprint density at radius 2 is 1.85 bits per heavy atom. The van der Waals surface area contributed by atoms with E-state index in [0.29, 0.717) is 17.2 Å². The SMILES string of the molecule is Cc1cc(C(=O)O)nc(-c2ccc3ccccc3n2)n1. The predicted octanol–water partition coefficient (Wildman–Crippen LogP) is 2.70. The Labute approximate surface area is 115 Å². The molecular weight excluding hydrogens is 254 g/mol. The van der Waals surface area contributed by atoms with Crippen molar-refractivity contribution in [2.24, 2.45) is 0 Å². The van der Waals surface area contributed by atoms with E-state index in [0.717, 1.165) is 10.9 Å². The number of aromatic nitrogens is 3. The second-order valence-electron chi connectivity index (χ2n) is 4.41. The van der Waals surface area contributed by atoms with Gasteiger partial charge >= 0.3 is 5.97 Å². The number of nitrogens with zero attached hydrogens (tertiary/aromatic N) is 3. The normalized spacial score (nSPS) is 10.7. The van der Waals surface area contributed by atoms with E-state index in [2.05, 4.69) is 15.0 Å². The summed E-state index contributed by atoms with van der Waals surface area (Å²) in [6, 6.07) is 12.9. The molecule has 0 fully saturated rings. The minimum Gasteiger partial charge on any atom is -0.477 e. The molecule has 0 aliphatic rings. The molecule has 20 heavy (non-hydrogen) atoms. The van der Waals surface area contributed by atoms with E-state index in [4.69, 9.17) is 5.11 Å². The molecule has 5 heteroatoms. The highest BCUT2D eigenvalue weighted by atomic mass is 16.4. The Bertz CT molecular complexity index is 815. The van der Waals surface area contributed by atoms with Crippen molar-refractivity contribution in [3.05, 3.63) is 53.9 Å². The number of hydrogen-bond acceptors (Lipinski definition) is 4. The molecule has 0 bridgehead atoms. The van der Waals surface area contributed by atoms with Crippen molar-refractivity contribution >= 4 is 16.9 Å². The van der Waals surface area contributed by atoms with E-state index < -0.39 is 5.97 Å².